The number of carbonyl (C=O) groups excluding carboxylic acids is 1. The lowest BCUT2D eigenvalue weighted by atomic mass is 10.1. The Kier molecular flexibility index (Phi) is 6.37. The van der Waals surface area contributed by atoms with Gasteiger partial charge in [0.1, 0.15) is 0 Å². The zero-order chi connectivity index (χ0) is 19.3. The Morgan fingerprint density at radius 1 is 1.19 bits per heavy atom. The molecule has 0 heterocycles. The van der Waals surface area contributed by atoms with E-state index in [2.05, 4.69) is 10.0 Å². The lowest BCUT2D eigenvalue weighted by Crippen LogP contribution is -2.30. The number of nitriles is 1. The van der Waals surface area contributed by atoms with Gasteiger partial charge in [0.25, 0.3) is 5.91 Å². The summed E-state index contributed by atoms with van der Waals surface area (Å²) in [6.07, 6.45) is 0.281. The number of nitrogens with zero attached hydrogens (tertiary/aromatic N) is 1. The number of rotatable bonds is 6. The van der Waals surface area contributed by atoms with Crippen LogP contribution in [0.25, 0.3) is 0 Å². The van der Waals surface area contributed by atoms with E-state index in [0.29, 0.717) is 5.69 Å². The van der Waals surface area contributed by atoms with Crippen molar-refractivity contribution in [3.63, 3.8) is 0 Å². The van der Waals surface area contributed by atoms with Crippen LogP contribution in [0, 0.1) is 11.3 Å². The van der Waals surface area contributed by atoms with Crippen molar-refractivity contribution >= 4 is 33.2 Å². The molecule has 1 amide bonds. The highest BCUT2D eigenvalue weighted by Crippen LogP contribution is 2.22. The summed E-state index contributed by atoms with van der Waals surface area (Å²) in [6, 6.07) is 12.5. The number of carbonyl (C=O) groups is 1. The molecule has 26 heavy (non-hydrogen) atoms. The minimum Gasteiger partial charge on any atom is -0.322 e. The molecule has 136 valence electrons. The molecular formula is C18H18ClN3O3S. The Labute approximate surface area is 157 Å². The first kappa shape index (κ1) is 19.9. The van der Waals surface area contributed by atoms with Crippen molar-refractivity contribution in [3.8, 4) is 6.07 Å². The monoisotopic (exact) mass is 391 g/mol. The average molecular weight is 392 g/mol. The Morgan fingerprint density at radius 3 is 2.42 bits per heavy atom. The number of nitrogens with one attached hydrogen (secondary N) is 2. The van der Waals surface area contributed by atoms with Crippen LogP contribution in [0.3, 0.4) is 0 Å². The lowest BCUT2D eigenvalue weighted by molar-refractivity contribution is 0.102. The first-order valence-electron chi connectivity index (χ1n) is 7.82. The van der Waals surface area contributed by atoms with Crippen molar-refractivity contribution in [2.24, 2.45) is 0 Å². The summed E-state index contributed by atoms with van der Waals surface area (Å²) >= 11 is 6.07. The first-order chi connectivity index (χ1) is 12.2. The maximum absolute atomic E-state index is 12.5. The number of halogens is 1. The topological polar surface area (TPSA) is 99.1 Å². The molecule has 0 spiro atoms. The van der Waals surface area contributed by atoms with Gasteiger partial charge in [-0.2, -0.15) is 5.26 Å². The van der Waals surface area contributed by atoms with Gasteiger partial charge in [-0.15, -0.1) is 0 Å². The second-order valence-electron chi connectivity index (χ2n) is 5.90. The van der Waals surface area contributed by atoms with Crippen LogP contribution in [0.4, 0.5) is 5.69 Å². The van der Waals surface area contributed by atoms with Crippen molar-refractivity contribution < 1.29 is 13.2 Å². The second-order valence-corrected chi connectivity index (χ2v) is 8.02. The minimum atomic E-state index is -3.74. The van der Waals surface area contributed by atoms with Gasteiger partial charge in [0.05, 0.1) is 28.0 Å². The fourth-order valence-electron chi connectivity index (χ4n) is 2.22. The molecule has 0 saturated carbocycles. The minimum absolute atomic E-state index is 0.0369. The summed E-state index contributed by atoms with van der Waals surface area (Å²) in [7, 11) is -3.74. The van der Waals surface area contributed by atoms with Crippen LogP contribution < -0.4 is 10.0 Å². The molecule has 0 aliphatic heterocycles. The van der Waals surface area contributed by atoms with Crippen LogP contribution >= 0.6 is 11.6 Å². The summed E-state index contributed by atoms with van der Waals surface area (Å²) in [6.45, 7) is 3.41. The number of benzene rings is 2. The van der Waals surface area contributed by atoms with E-state index >= 15 is 0 Å². The van der Waals surface area contributed by atoms with E-state index in [1.54, 1.807) is 38.1 Å². The summed E-state index contributed by atoms with van der Waals surface area (Å²) in [5.74, 6) is -0.523. The van der Waals surface area contributed by atoms with Crippen molar-refractivity contribution in [2.75, 3.05) is 5.32 Å². The van der Waals surface area contributed by atoms with E-state index in [4.69, 9.17) is 16.9 Å². The van der Waals surface area contributed by atoms with Gasteiger partial charge in [0.15, 0.2) is 0 Å². The molecule has 2 aromatic carbocycles. The third-order valence-corrected chi connectivity index (χ3v) is 5.36. The highest BCUT2D eigenvalue weighted by Gasteiger charge is 2.19. The van der Waals surface area contributed by atoms with Crippen molar-refractivity contribution in [2.45, 2.75) is 31.2 Å². The molecule has 2 N–H and O–H groups in total. The maximum Gasteiger partial charge on any atom is 0.257 e. The normalized spacial score (nSPS) is 11.2. The predicted molar refractivity (Wildman–Crippen MR) is 101 cm³/mol. The third kappa shape index (κ3) is 5.05. The molecule has 0 atom stereocenters. The summed E-state index contributed by atoms with van der Waals surface area (Å²) in [4.78, 5) is 12.4. The Morgan fingerprint density at radius 2 is 1.85 bits per heavy atom. The van der Waals surface area contributed by atoms with E-state index in [-0.39, 0.29) is 27.9 Å². The third-order valence-electron chi connectivity index (χ3n) is 3.38. The van der Waals surface area contributed by atoms with Crippen LogP contribution in [0.5, 0.6) is 0 Å². The Hall–Kier alpha value is -2.40. The van der Waals surface area contributed by atoms with Gasteiger partial charge < -0.3 is 5.32 Å². The van der Waals surface area contributed by atoms with Gasteiger partial charge in [-0.3, -0.25) is 4.79 Å². The second kappa shape index (κ2) is 8.32. The average Bonchev–Trinajstić information content (AvgIpc) is 2.56. The van der Waals surface area contributed by atoms with Crippen LogP contribution in [-0.4, -0.2) is 20.4 Å². The standard InChI is InChI=1S/C18H18ClN3O3S/c1-12(2)22-26(24,25)15-7-8-17(19)16(11-15)18(23)21-14-5-3-13(4-6-14)9-10-20/h3-8,11-12,22H,9H2,1-2H3,(H,21,23). The van der Waals surface area contributed by atoms with Gasteiger partial charge in [-0.25, -0.2) is 13.1 Å². The number of amides is 1. The molecule has 6 nitrogen and oxygen atoms in total. The fourth-order valence-corrected chi connectivity index (χ4v) is 3.70. The Bertz CT molecular complexity index is 949. The SMILES string of the molecule is CC(C)NS(=O)(=O)c1ccc(Cl)c(C(=O)Nc2ccc(CC#N)cc2)c1. The molecule has 0 aromatic heterocycles. The number of hydrogen-bond donors (Lipinski definition) is 2. The van der Waals surface area contributed by atoms with Crippen LogP contribution in [0.15, 0.2) is 47.4 Å². The van der Waals surface area contributed by atoms with E-state index < -0.39 is 15.9 Å². The molecule has 0 radical (unpaired) electrons. The number of sulfonamides is 1. The van der Waals surface area contributed by atoms with E-state index in [9.17, 15) is 13.2 Å². The smallest absolute Gasteiger partial charge is 0.257 e. The molecule has 2 aromatic rings. The molecule has 0 saturated heterocycles. The highest BCUT2D eigenvalue weighted by atomic mass is 35.5. The van der Waals surface area contributed by atoms with Crippen LogP contribution in [-0.2, 0) is 16.4 Å². The van der Waals surface area contributed by atoms with Gasteiger partial charge in [-0.05, 0) is 49.7 Å². The first-order valence-corrected chi connectivity index (χ1v) is 9.68. The van der Waals surface area contributed by atoms with E-state index in [0.717, 1.165) is 5.56 Å². The van der Waals surface area contributed by atoms with Crippen molar-refractivity contribution in [1.82, 2.24) is 4.72 Å². The number of anilines is 1. The Balaban J connectivity index is 2.26. The molecule has 2 rings (SSSR count). The van der Waals surface area contributed by atoms with Crippen LogP contribution in [0.2, 0.25) is 5.02 Å². The zero-order valence-corrected chi connectivity index (χ0v) is 15.9. The molecule has 0 fully saturated rings. The quantitative estimate of drug-likeness (QED) is 0.788. The molecule has 8 heteroatoms. The van der Waals surface area contributed by atoms with Gasteiger partial charge in [0.2, 0.25) is 10.0 Å². The summed E-state index contributed by atoms with van der Waals surface area (Å²) in [5.41, 5.74) is 1.40. The van der Waals surface area contributed by atoms with Gasteiger partial charge >= 0.3 is 0 Å². The predicted octanol–water partition coefficient (Wildman–Crippen LogP) is 3.35. The molecule has 0 unspecified atom stereocenters. The number of hydrogen-bond acceptors (Lipinski definition) is 4. The highest BCUT2D eigenvalue weighted by molar-refractivity contribution is 7.89. The molecule has 0 aliphatic carbocycles. The fraction of sp³-hybridized carbons (Fsp3) is 0.222. The van der Waals surface area contributed by atoms with Crippen LogP contribution in [0.1, 0.15) is 29.8 Å². The van der Waals surface area contributed by atoms with Crippen molar-refractivity contribution in [3.05, 3.63) is 58.6 Å². The van der Waals surface area contributed by atoms with Gasteiger partial charge in [-0.1, -0.05) is 23.7 Å². The lowest BCUT2D eigenvalue weighted by Gasteiger charge is -2.12. The van der Waals surface area contributed by atoms with E-state index in [1.165, 1.54) is 18.2 Å². The van der Waals surface area contributed by atoms with Crippen molar-refractivity contribution in [1.29, 1.82) is 5.26 Å². The maximum atomic E-state index is 12.5. The molecule has 0 bridgehead atoms. The van der Waals surface area contributed by atoms with Gasteiger partial charge in [0, 0.05) is 11.7 Å². The van der Waals surface area contributed by atoms with E-state index in [1.807, 2.05) is 6.07 Å². The summed E-state index contributed by atoms with van der Waals surface area (Å²) < 4.78 is 27.0. The summed E-state index contributed by atoms with van der Waals surface area (Å²) in [5, 5.41) is 11.5. The largest absolute Gasteiger partial charge is 0.322 e. The molecule has 0 aliphatic rings. The molecular weight excluding hydrogens is 374 g/mol. The zero-order valence-electron chi connectivity index (χ0n) is 14.3.